The Kier molecular flexibility index (Phi) is 7.86. The molecule has 0 spiro atoms. The lowest BCUT2D eigenvalue weighted by molar-refractivity contribution is 0.0527. The van der Waals surface area contributed by atoms with E-state index < -0.39 is 17.4 Å². The molecule has 1 aromatic carbocycles. The van der Waals surface area contributed by atoms with Crippen LogP contribution >= 0.6 is 0 Å². The van der Waals surface area contributed by atoms with Gasteiger partial charge in [0.25, 0.3) is 0 Å². The molecule has 0 atom stereocenters. The predicted octanol–water partition coefficient (Wildman–Crippen LogP) is 2.59. The molecule has 2 rings (SSSR count). The summed E-state index contributed by atoms with van der Waals surface area (Å²) in [5, 5.41) is 5.80. The van der Waals surface area contributed by atoms with E-state index in [0.29, 0.717) is 25.5 Å². The molecule has 0 aliphatic heterocycles. The molecule has 0 radical (unpaired) electrons. The molecule has 0 bridgehead atoms. The van der Waals surface area contributed by atoms with Gasteiger partial charge in [0, 0.05) is 19.2 Å². The molecule has 1 aromatic heterocycles. The fourth-order valence-electron chi connectivity index (χ4n) is 2.28. The van der Waals surface area contributed by atoms with E-state index in [9.17, 15) is 9.59 Å². The number of amides is 1. The van der Waals surface area contributed by atoms with Crippen molar-refractivity contribution in [2.45, 2.75) is 45.8 Å². The second-order valence-corrected chi connectivity index (χ2v) is 7.24. The molecule has 8 nitrogen and oxygen atoms in total. The van der Waals surface area contributed by atoms with E-state index in [1.807, 2.05) is 51.1 Å². The third kappa shape index (κ3) is 8.11. The number of ether oxygens (including phenoxy) is 1. The Hall–Kier alpha value is -3.03. The van der Waals surface area contributed by atoms with E-state index in [2.05, 4.69) is 15.6 Å². The molecule has 2 aromatic rings. The van der Waals surface area contributed by atoms with Gasteiger partial charge in [0.15, 0.2) is 0 Å². The van der Waals surface area contributed by atoms with Crippen LogP contribution in [0.2, 0.25) is 0 Å². The smallest absolute Gasteiger partial charge is 0.407 e. The van der Waals surface area contributed by atoms with Crippen LogP contribution in [0.3, 0.4) is 0 Å². The summed E-state index contributed by atoms with van der Waals surface area (Å²) in [6, 6.07) is 11.3. The lowest BCUT2D eigenvalue weighted by Crippen LogP contribution is -2.33. The Balaban J connectivity index is 1.66. The maximum absolute atomic E-state index is 12.0. The lowest BCUT2D eigenvalue weighted by Gasteiger charge is -2.19. The number of anilines is 1. The van der Waals surface area contributed by atoms with Crippen molar-refractivity contribution in [2.75, 3.05) is 18.4 Å². The summed E-state index contributed by atoms with van der Waals surface area (Å²) in [4.78, 5) is 32.9. The van der Waals surface area contributed by atoms with Gasteiger partial charge in [-0.1, -0.05) is 30.3 Å². The maximum atomic E-state index is 12.0. The van der Waals surface area contributed by atoms with Crippen LogP contribution in [0.5, 0.6) is 0 Å². The second-order valence-electron chi connectivity index (χ2n) is 7.24. The molecule has 0 saturated carbocycles. The van der Waals surface area contributed by atoms with Crippen LogP contribution in [0, 0.1) is 0 Å². The first-order valence-corrected chi connectivity index (χ1v) is 9.31. The first-order chi connectivity index (χ1) is 13.3. The molecule has 1 heterocycles. The summed E-state index contributed by atoms with van der Waals surface area (Å²) in [6.07, 6.45) is 2.72. The number of nitrogens with zero attached hydrogens (tertiary/aromatic N) is 2. The van der Waals surface area contributed by atoms with Gasteiger partial charge in [-0.05, 0) is 39.2 Å². The van der Waals surface area contributed by atoms with E-state index in [0.717, 1.165) is 23.1 Å². The molecule has 0 aliphatic carbocycles. The van der Waals surface area contributed by atoms with Crippen LogP contribution in [-0.4, -0.2) is 34.5 Å². The normalized spacial score (nSPS) is 11.0. The zero-order chi connectivity index (χ0) is 20.4. The summed E-state index contributed by atoms with van der Waals surface area (Å²) < 4.78 is 6.28. The van der Waals surface area contributed by atoms with E-state index in [4.69, 9.17) is 9.57 Å². The van der Waals surface area contributed by atoms with Gasteiger partial charge in [0.2, 0.25) is 0 Å². The number of carbonyl (C=O) groups excluding carboxylic acids is 1. The highest BCUT2D eigenvalue weighted by molar-refractivity contribution is 5.67. The average Bonchev–Trinajstić information content (AvgIpc) is 2.63. The Morgan fingerprint density at radius 2 is 1.82 bits per heavy atom. The number of unbranched alkanes of at least 4 members (excludes halogenated alkanes) is 1. The maximum Gasteiger partial charge on any atom is 0.407 e. The summed E-state index contributed by atoms with van der Waals surface area (Å²) in [5.74, 6) is 0.490. The minimum Gasteiger partial charge on any atom is -0.444 e. The molecule has 0 aliphatic rings. The fraction of sp³-hybridized carbons (Fsp3) is 0.450. The van der Waals surface area contributed by atoms with Crippen LogP contribution in [-0.2, 0) is 11.3 Å². The molecule has 8 heteroatoms. The highest BCUT2D eigenvalue weighted by Gasteiger charge is 2.15. The van der Waals surface area contributed by atoms with Crippen molar-refractivity contribution in [1.82, 2.24) is 15.0 Å². The van der Waals surface area contributed by atoms with Crippen molar-refractivity contribution >= 4 is 11.9 Å². The Morgan fingerprint density at radius 1 is 1.11 bits per heavy atom. The van der Waals surface area contributed by atoms with Gasteiger partial charge in [-0.25, -0.2) is 9.59 Å². The molecular formula is C20H28N4O4. The molecule has 28 heavy (non-hydrogen) atoms. The third-order valence-corrected chi connectivity index (χ3v) is 3.56. The van der Waals surface area contributed by atoms with Crippen molar-refractivity contribution in [3.8, 4) is 0 Å². The van der Waals surface area contributed by atoms with Gasteiger partial charge in [0.1, 0.15) is 18.0 Å². The third-order valence-electron chi connectivity index (χ3n) is 3.56. The van der Waals surface area contributed by atoms with Crippen molar-refractivity contribution in [3.63, 3.8) is 0 Å². The summed E-state index contributed by atoms with van der Waals surface area (Å²) >= 11 is 0. The molecular weight excluding hydrogens is 360 g/mol. The zero-order valence-electron chi connectivity index (χ0n) is 16.6. The molecule has 152 valence electrons. The number of hydrogen-bond donors (Lipinski definition) is 2. The topological polar surface area (TPSA) is 94.5 Å². The molecule has 0 saturated heterocycles. The molecule has 0 fully saturated rings. The number of rotatable bonds is 9. The van der Waals surface area contributed by atoms with Crippen LogP contribution in [0.1, 0.15) is 39.2 Å². The highest BCUT2D eigenvalue weighted by atomic mass is 16.7. The predicted molar refractivity (Wildman–Crippen MR) is 107 cm³/mol. The van der Waals surface area contributed by atoms with Gasteiger partial charge in [-0.2, -0.15) is 4.98 Å². The van der Waals surface area contributed by atoms with Crippen molar-refractivity contribution < 1.29 is 14.4 Å². The van der Waals surface area contributed by atoms with Crippen LogP contribution in [0.15, 0.2) is 47.4 Å². The molecule has 2 N–H and O–H groups in total. The van der Waals surface area contributed by atoms with E-state index in [1.165, 1.54) is 0 Å². The monoisotopic (exact) mass is 388 g/mol. The number of carbonyl (C=O) groups is 1. The number of aromatic nitrogens is 2. The Labute approximate surface area is 164 Å². The van der Waals surface area contributed by atoms with Crippen molar-refractivity contribution in [3.05, 3.63) is 58.6 Å². The van der Waals surface area contributed by atoms with Crippen LogP contribution in [0.25, 0.3) is 0 Å². The summed E-state index contributed by atoms with van der Waals surface area (Å²) in [6.45, 7) is 6.92. The quantitative estimate of drug-likeness (QED) is 0.641. The summed E-state index contributed by atoms with van der Waals surface area (Å²) in [7, 11) is 0. The first kappa shape index (κ1) is 21.3. The van der Waals surface area contributed by atoms with Crippen molar-refractivity contribution in [2.24, 2.45) is 0 Å². The fourth-order valence-corrected chi connectivity index (χ4v) is 2.28. The van der Waals surface area contributed by atoms with Crippen LogP contribution < -0.4 is 21.2 Å². The second kappa shape index (κ2) is 10.3. The lowest BCUT2D eigenvalue weighted by atomic mass is 10.2. The molecule has 0 unspecified atom stereocenters. The van der Waals surface area contributed by atoms with Gasteiger partial charge in [0.05, 0.1) is 6.20 Å². The number of benzene rings is 1. The standard InChI is InChI=1S/C20H28N4O4/c1-20(2,3)28-19(26)22-13-8-7-12-21-17-11-14-24(18(25)23-17)27-15-16-9-5-4-6-10-16/h4-6,9-11,14H,7-8,12-13,15H2,1-3H3,(H,22,26)(H,21,23,25). The van der Waals surface area contributed by atoms with E-state index in [1.54, 1.807) is 12.3 Å². The van der Waals surface area contributed by atoms with Gasteiger partial charge in [-0.15, -0.1) is 4.73 Å². The minimum atomic E-state index is -0.498. The average molecular weight is 388 g/mol. The SMILES string of the molecule is CC(C)(C)OC(=O)NCCCCNc1ccn(OCc2ccccc2)c(=O)n1. The van der Waals surface area contributed by atoms with Gasteiger partial charge in [-0.3, -0.25) is 0 Å². The molecule has 1 amide bonds. The Morgan fingerprint density at radius 3 is 2.50 bits per heavy atom. The Bertz CT molecular complexity index is 800. The summed E-state index contributed by atoms with van der Waals surface area (Å²) in [5.41, 5.74) is -0.00777. The largest absolute Gasteiger partial charge is 0.444 e. The first-order valence-electron chi connectivity index (χ1n) is 9.31. The van der Waals surface area contributed by atoms with Gasteiger partial charge >= 0.3 is 11.8 Å². The van der Waals surface area contributed by atoms with E-state index >= 15 is 0 Å². The van der Waals surface area contributed by atoms with Crippen molar-refractivity contribution in [1.29, 1.82) is 0 Å². The number of nitrogens with one attached hydrogen (secondary N) is 2. The number of alkyl carbamates (subject to hydrolysis) is 1. The number of hydrogen-bond acceptors (Lipinski definition) is 6. The van der Waals surface area contributed by atoms with Gasteiger partial charge < -0.3 is 20.2 Å². The highest BCUT2D eigenvalue weighted by Crippen LogP contribution is 2.06. The van der Waals surface area contributed by atoms with Crippen LogP contribution in [0.4, 0.5) is 10.6 Å². The van der Waals surface area contributed by atoms with E-state index in [-0.39, 0.29) is 0 Å². The minimum absolute atomic E-state index is 0.292. The zero-order valence-corrected chi connectivity index (χ0v) is 16.6.